The van der Waals surface area contributed by atoms with Crippen molar-refractivity contribution in [3.05, 3.63) is 64.9 Å². The van der Waals surface area contributed by atoms with Gasteiger partial charge in [-0.1, -0.05) is 42.1 Å². The number of carbonyl (C=O) groups excluding carboxylic acids is 1. The molecule has 1 amide bonds. The number of thioether (sulfide) groups is 1. The summed E-state index contributed by atoms with van der Waals surface area (Å²) in [7, 11) is 0. The number of likely N-dealkylation sites (tertiary alicyclic amines) is 1. The van der Waals surface area contributed by atoms with Crippen LogP contribution in [0.2, 0.25) is 0 Å². The van der Waals surface area contributed by atoms with Crippen LogP contribution >= 0.6 is 23.1 Å². The Morgan fingerprint density at radius 2 is 1.94 bits per heavy atom. The first kappa shape index (κ1) is 21.2. The van der Waals surface area contributed by atoms with Gasteiger partial charge in [-0.05, 0) is 50.5 Å². The van der Waals surface area contributed by atoms with Crippen molar-refractivity contribution < 1.29 is 4.79 Å². The highest BCUT2D eigenvalue weighted by molar-refractivity contribution is 7.99. The molecular weight excluding hydrogens is 438 g/mol. The molecule has 1 unspecified atom stereocenters. The molecule has 0 saturated carbocycles. The number of para-hydroxylation sites is 2. The number of aryl methyl sites for hydroxylation is 2. The summed E-state index contributed by atoms with van der Waals surface area (Å²) in [5.74, 6) is 1.64. The first-order chi connectivity index (χ1) is 15.6. The van der Waals surface area contributed by atoms with E-state index in [1.54, 1.807) is 11.3 Å². The van der Waals surface area contributed by atoms with E-state index in [4.69, 9.17) is 4.98 Å². The van der Waals surface area contributed by atoms with Crippen molar-refractivity contribution in [2.75, 3.05) is 18.8 Å². The number of piperidine rings is 1. The molecule has 5 rings (SSSR count). The van der Waals surface area contributed by atoms with E-state index in [2.05, 4.69) is 47.5 Å². The molecule has 164 valence electrons. The van der Waals surface area contributed by atoms with E-state index in [0.29, 0.717) is 11.7 Å². The third-order valence-corrected chi connectivity index (χ3v) is 8.02. The van der Waals surface area contributed by atoms with Gasteiger partial charge in [0.15, 0.2) is 5.16 Å². The number of hydrogen-bond acceptors (Lipinski definition) is 6. The van der Waals surface area contributed by atoms with Crippen LogP contribution in [-0.4, -0.2) is 49.4 Å². The van der Waals surface area contributed by atoms with Gasteiger partial charge in [0.05, 0.1) is 26.7 Å². The Morgan fingerprint density at radius 1 is 1.12 bits per heavy atom. The second-order valence-electron chi connectivity index (χ2n) is 8.14. The summed E-state index contributed by atoms with van der Waals surface area (Å²) in [4.78, 5) is 19.9. The summed E-state index contributed by atoms with van der Waals surface area (Å²) >= 11 is 3.21. The lowest BCUT2D eigenvalue weighted by atomic mass is 9.99. The lowest BCUT2D eigenvalue weighted by molar-refractivity contribution is -0.129. The molecule has 4 aromatic rings. The topological polar surface area (TPSA) is 63.9 Å². The zero-order valence-corrected chi connectivity index (χ0v) is 19.8. The Bertz CT molecular complexity index is 1230. The van der Waals surface area contributed by atoms with Crippen molar-refractivity contribution in [3.63, 3.8) is 0 Å². The molecule has 2 aromatic heterocycles. The Balaban J connectivity index is 1.27. The van der Waals surface area contributed by atoms with Crippen molar-refractivity contribution in [2.24, 2.45) is 0 Å². The van der Waals surface area contributed by atoms with E-state index < -0.39 is 0 Å². The quantitative estimate of drug-likeness (QED) is 0.390. The second kappa shape index (κ2) is 9.03. The number of hydrogen-bond donors (Lipinski definition) is 0. The van der Waals surface area contributed by atoms with E-state index in [1.165, 1.54) is 16.5 Å². The molecule has 1 atom stereocenters. The molecule has 0 aliphatic carbocycles. The fraction of sp³-hybridized carbons (Fsp3) is 0.333. The van der Waals surface area contributed by atoms with Crippen LogP contribution in [0.1, 0.15) is 35.2 Å². The average Bonchev–Trinajstić information content (AvgIpc) is 3.41. The van der Waals surface area contributed by atoms with E-state index in [1.807, 2.05) is 34.6 Å². The lowest BCUT2D eigenvalue weighted by Crippen LogP contribution is -2.40. The first-order valence-corrected chi connectivity index (χ1v) is 12.6. The summed E-state index contributed by atoms with van der Waals surface area (Å²) in [6.45, 7) is 5.57. The van der Waals surface area contributed by atoms with Gasteiger partial charge in [0, 0.05) is 19.0 Å². The second-order valence-corrected chi connectivity index (χ2v) is 10.1. The molecular formula is C24H25N5OS2. The third kappa shape index (κ3) is 4.17. The van der Waals surface area contributed by atoms with Gasteiger partial charge in [0.25, 0.3) is 0 Å². The minimum absolute atomic E-state index is 0.151. The SMILES string of the molecule is Cc1ccccc1-n1c(C)nnc1SCC(=O)N1CCCC(c2nc3ccccc3s2)C1. The van der Waals surface area contributed by atoms with Crippen molar-refractivity contribution in [1.82, 2.24) is 24.6 Å². The Morgan fingerprint density at radius 3 is 2.78 bits per heavy atom. The van der Waals surface area contributed by atoms with Gasteiger partial charge < -0.3 is 4.90 Å². The van der Waals surface area contributed by atoms with E-state index in [-0.39, 0.29) is 5.91 Å². The molecule has 6 nitrogen and oxygen atoms in total. The monoisotopic (exact) mass is 463 g/mol. The maximum Gasteiger partial charge on any atom is 0.233 e. The Labute approximate surface area is 195 Å². The molecule has 8 heteroatoms. The Hall–Kier alpha value is -2.71. The van der Waals surface area contributed by atoms with E-state index in [9.17, 15) is 4.79 Å². The summed E-state index contributed by atoms with van der Waals surface area (Å²) in [6, 6.07) is 16.4. The lowest BCUT2D eigenvalue weighted by Gasteiger charge is -2.31. The van der Waals surface area contributed by atoms with Gasteiger partial charge in [0.1, 0.15) is 5.82 Å². The number of fused-ring (bicyclic) bond motifs is 1. The molecule has 0 radical (unpaired) electrons. The van der Waals surface area contributed by atoms with Crippen LogP contribution in [0.25, 0.3) is 15.9 Å². The molecule has 2 aromatic carbocycles. The summed E-state index contributed by atoms with van der Waals surface area (Å²) in [5.41, 5.74) is 3.26. The smallest absolute Gasteiger partial charge is 0.233 e. The molecule has 1 fully saturated rings. The number of thiazole rings is 1. The normalized spacial score (nSPS) is 16.6. The maximum absolute atomic E-state index is 13.1. The number of benzene rings is 2. The van der Waals surface area contributed by atoms with Crippen molar-refractivity contribution in [2.45, 2.75) is 37.8 Å². The molecule has 1 saturated heterocycles. The standard InChI is InChI=1S/C24H25N5OS2/c1-16-8-3-5-11-20(16)29-17(2)26-27-24(29)31-15-22(30)28-13-7-9-18(14-28)23-25-19-10-4-6-12-21(19)32-23/h3-6,8,10-12,18H,7,9,13-15H2,1-2H3. The van der Waals surface area contributed by atoms with Gasteiger partial charge in [-0.3, -0.25) is 9.36 Å². The summed E-state index contributed by atoms with van der Waals surface area (Å²) < 4.78 is 3.25. The largest absolute Gasteiger partial charge is 0.341 e. The van der Waals surface area contributed by atoms with Crippen LogP contribution in [0.15, 0.2) is 53.7 Å². The molecule has 1 aliphatic rings. The molecule has 0 bridgehead atoms. The summed E-state index contributed by atoms with van der Waals surface area (Å²) in [6.07, 6.45) is 2.09. The summed E-state index contributed by atoms with van der Waals surface area (Å²) in [5, 5.41) is 10.5. The third-order valence-electron chi connectivity index (χ3n) is 5.91. The van der Waals surface area contributed by atoms with Crippen LogP contribution in [0, 0.1) is 13.8 Å². The zero-order chi connectivity index (χ0) is 22.1. The molecule has 0 spiro atoms. The first-order valence-electron chi connectivity index (χ1n) is 10.8. The fourth-order valence-corrected chi connectivity index (χ4v) is 6.20. The number of rotatable bonds is 5. The van der Waals surface area contributed by atoms with Gasteiger partial charge in [0.2, 0.25) is 5.91 Å². The molecule has 3 heterocycles. The highest BCUT2D eigenvalue weighted by Gasteiger charge is 2.27. The number of nitrogens with zero attached hydrogens (tertiary/aromatic N) is 5. The van der Waals surface area contributed by atoms with Crippen molar-refractivity contribution >= 4 is 39.2 Å². The highest BCUT2D eigenvalue weighted by atomic mass is 32.2. The predicted molar refractivity (Wildman–Crippen MR) is 130 cm³/mol. The van der Waals surface area contributed by atoms with Crippen molar-refractivity contribution in [1.29, 1.82) is 0 Å². The van der Waals surface area contributed by atoms with Crippen LogP contribution in [0.3, 0.4) is 0 Å². The Kier molecular flexibility index (Phi) is 5.97. The van der Waals surface area contributed by atoms with Crippen LogP contribution < -0.4 is 0 Å². The van der Waals surface area contributed by atoms with Gasteiger partial charge in [-0.25, -0.2) is 4.98 Å². The number of amides is 1. The molecule has 0 N–H and O–H groups in total. The van der Waals surface area contributed by atoms with Crippen molar-refractivity contribution in [3.8, 4) is 5.69 Å². The van der Waals surface area contributed by atoms with Crippen LogP contribution in [0.5, 0.6) is 0 Å². The van der Waals surface area contributed by atoms with E-state index in [0.717, 1.165) is 58.7 Å². The van der Waals surface area contributed by atoms with E-state index >= 15 is 0 Å². The van der Waals surface area contributed by atoms with Gasteiger partial charge in [-0.15, -0.1) is 21.5 Å². The fourth-order valence-electron chi connectivity index (χ4n) is 4.22. The maximum atomic E-state index is 13.1. The van der Waals surface area contributed by atoms with Gasteiger partial charge >= 0.3 is 0 Å². The predicted octanol–water partition coefficient (Wildman–Crippen LogP) is 4.99. The minimum atomic E-state index is 0.151. The number of aromatic nitrogens is 4. The average molecular weight is 464 g/mol. The van der Waals surface area contributed by atoms with Crippen LogP contribution in [-0.2, 0) is 4.79 Å². The number of carbonyl (C=O) groups is 1. The molecule has 32 heavy (non-hydrogen) atoms. The van der Waals surface area contributed by atoms with Gasteiger partial charge in [-0.2, -0.15) is 0 Å². The molecule has 1 aliphatic heterocycles. The van der Waals surface area contributed by atoms with Crippen LogP contribution in [0.4, 0.5) is 0 Å². The highest BCUT2D eigenvalue weighted by Crippen LogP contribution is 2.33. The minimum Gasteiger partial charge on any atom is -0.341 e. The zero-order valence-electron chi connectivity index (χ0n) is 18.2.